The van der Waals surface area contributed by atoms with Crippen LogP contribution in [0.2, 0.25) is 0 Å². The van der Waals surface area contributed by atoms with Crippen LogP contribution in [0.4, 0.5) is 5.82 Å². The monoisotopic (exact) mass is 398 g/mol. The largest absolute Gasteiger partial charge is 0.368 e. The summed E-state index contributed by atoms with van der Waals surface area (Å²) in [5, 5.41) is 9.87. The van der Waals surface area contributed by atoms with E-state index in [4.69, 9.17) is 5.73 Å². The van der Waals surface area contributed by atoms with Gasteiger partial charge in [-0.2, -0.15) is 0 Å². The number of nitrogens with zero attached hydrogens (tertiary/aromatic N) is 2. The van der Waals surface area contributed by atoms with E-state index in [1.165, 1.54) is 32.1 Å². The molecule has 29 heavy (non-hydrogen) atoms. The van der Waals surface area contributed by atoms with Gasteiger partial charge in [0.25, 0.3) is 5.91 Å². The number of hydrogen-bond acceptors (Lipinski definition) is 6. The molecule has 1 aliphatic rings. The molecule has 158 valence electrons. The second-order valence-electron chi connectivity index (χ2n) is 7.99. The lowest BCUT2D eigenvalue weighted by Crippen LogP contribution is -2.40. The van der Waals surface area contributed by atoms with Crippen LogP contribution in [0.5, 0.6) is 0 Å². The first-order valence-electron chi connectivity index (χ1n) is 10.9. The van der Waals surface area contributed by atoms with E-state index in [2.05, 4.69) is 32.8 Å². The van der Waals surface area contributed by atoms with Gasteiger partial charge in [-0.1, -0.05) is 38.3 Å². The lowest BCUT2D eigenvalue weighted by atomic mass is 9.94. The van der Waals surface area contributed by atoms with Gasteiger partial charge in [-0.25, -0.2) is 9.97 Å². The zero-order valence-electron chi connectivity index (χ0n) is 17.6. The van der Waals surface area contributed by atoms with Crippen molar-refractivity contribution in [2.45, 2.75) is 77.0 Å². The first-order chi connectivity index (χ1) is 14.1. The Hall–Kier alpha value is -2.25. The molecule has 1 aromatic carbocycles. The summed E-state index contributed by atoms with van der Waals surface area (Å²) in [5.41, 5.74) is 7.47. The van der Waals surface area contributed by atoms with E-state index in [1.807, 2.05) is 24.3 Å². The first kappa shape index (κ1) is 21.5. The van der Waals surface area contributed by atoms with Gasteiger partial charge in [-0.15, -0.1) is 0 Å². The molecule has 0 bridgehead atoms. The van der Waals surface area contributed by atoms with Gasteiger partial charge in [0.15, 0.2) is 11.5 Å². The molecule has 1 aromatic heterocycles. The second kappa shape index (κ2) is 10.5. The zero-order chi connectivity index (χ0) is 20.6. The van der Waals surface area contributed by atoms with Crippen molar-refractivity contribution in [3.05, 3.63) is 30.0 Å². The van der Waals surface area contributed by atoms with E-state index in [9.17, 15) is 4.79 Å². The van der Waals surface area contributed by atoms with Crippen LogP contribution in [0.3, 0.4) is 0 Å². The molecule has 5 N–H and O–H groups in total. The van der Waals surface area contributed by atoms with Crippen molar-refractivity contribution in [1.29, 1.82) is 0 Å². The maximum absolute atomic E-state index is 12.6. The topological polar surface area (TPSA) is 105 Å². The molecule has 7 heteroatoms. The van der Waals surface area contributed by atoms with Crippen LogP contribution in [0.25, 0.3) is 11.0 Å². The SMILES string of the molecule is CCC(CCNc1nc2ccccc2nc1C(=O)NC(C)N)NC1CCCCC1. The van der Waals surface area contributed by atoms with E-state index < -0.39 is 6.17 Å². The third-order valence-corrected chi connectivity index (χ3v) is 5.50. The number of fused-ring (bicyclic) bond motifs is 1. The van der Waals surface area contributed by atoms with Gasteiger partial charge in [0, 0.05) is 18.6 Å². The summed E-state index contributed by atoms with van der Waals surface area (Å²) in [6.07, 6.45) is 8.18. The minimum absolute atomic E-state index is 0.286. The molecule has 7 nitrogen and oxygen atoms in total. The Morgan fingerprint density at radius 2 is 1.86 bits per heavy atom. The quantitative estimate of drug-likeness (QED) is 0.484. The number of para-hydroxylation sites is 2. The van der Waals surface area contributed by atoms with Crippen LogP contribution >= 0.6 is 0 Å². The molecule has 1 heterocycles. The van der Waals surface area contributed by atoms with Crippen molar-refractivity contribution < 1.29 is 4.79 Å². The Morgan fingerprint density at radius 1 is 1.17 bits per heavy atom. The predicted molar refractivity (Wildman–Crippen MR) is 118 cm³/mol. The average Bonchev–Trinajstić information content (AvgIpc) is 2.72. The summed E-state index contributed by atoms with van der Waals surface area (Å²) in [4.78, 5) is 21.8. The van der Waals surface area contributed by atoms with Crippen LogP contribution in [0.15, 0.2) is 24.3 Å². The number of anilines is 1. The van der Waals surface area contributed by atoms with Gasteiger partial charge < -0.3 is 21.7 Å². The summed E-state index contributed by atoms with van der Waals surface area (Å²) in [6.45, 7) is 4.67. The maximum Gasteiger partial charge on any atom is 0.274 e. The Kier molecular flexibility index (Phi) is 7.77. The van der Waals surface area contributed by atoms with Crippen molar-refractivity contribution >= 4 is 22.8 Å². The number of hydrogen-bond donors (Lipinski definition) is 4. The van der Waals surface area contributed by atoms with E-state index in [0.717, 1.165) is 24.9 Å². The summed E-state index contributed by atoms with van der Waals surface area (Å²) in [6, 6.07) is 8.67. The summed E-state index contributed by atoms with van der Waals surface area (Å²) in [5.74, 6) is 0.197. The molecule has 1 fully saturated rings. The molecule has 2 atom stereocenters. The van der Waals surface area contributed by atoms with E-state index in [-0.39, 0.29) is 11.6 Å². The fourth-order valence-corrected chi connectivity index (χ4v) is 3.93. The van der Waals surface area contributed by atoms with Crippen molar-refractivity contribution in [3.8, 4) is 0 Å². The van der Waals surface area contributed by atoms with E-state index >= 15 is 0 Å². The summed E-state index contributed by atoms with van der Waals surface area (Å²) >= 11 is 0. The number of rotatable bonds is 9. The molecule has 1 saturated carbocycles. The molecule has 3 rings (SSSR count). The van der Waals surface area contributed by atoms with Gasteiger partial charge in [-0.3, -0.25) is 4.79 Å². The van der Waals surface area contributed by atoms with Gasteiger partial charge in [0.1, 0.15) is 0 Å². The fraction of sp³-hybridized carbons (Fsp3) is 0.591. The van der Waals surface area contributed by atoms with Crippen molar-refractivity contribution in [2.75, 3.05) is 11.9 Å². The average molecular weight is 399 g/mol. The number of carbonyl (C=O) groups is 1. The van der Waals surface area contributed by atoms with Crippen LogP contribution in [-0.2, 0) is 0 Å². The minimum atomic E-state index is -0.451. The molecule has 1 aliphatic carbocycles. The normalized spacial score (nSPS) is 17.1. The van der Waals surface area contributed by atoms with Crippen LogP contribution in [0, 0.1) is 0 Å². The molecule has 2 aromatic rings. The Morgan fingerprint density at radius 3 is 2.52 bits per heavy atom. The summed E-state index contributed by atoms with van der Waals surface area (Å²) in [7, 11) is 0. The molecule has 2 unspecified atom stereocenters. The van der Waals surface area contributed by atoms with Crippen molar-refractivity contribution in [1.82, 2.24) is 20.6 Å². The molecule has 0 saturated heterocycles. The molecular formula is C22H34N6O. The highest BCUT2D eigenvalue weighted by molar-refractivity contribution is 5.98. The minimum Gasteiger partial charge on any atom is -0.368 e. The van der Waals surface area contributed by atoms with Crippen LogP contribution < -0.4 is 21.7 Å². The Labute approximate surface area is 173 Å². The molecule has 0 spiro atoms. The van der Waals surface area contributed by atoms with Gasteiger partial charge in [0.2, 0.25) is 0 Å². The number of aromatic nitrogens is 2. The Bertz CT molecular complexity index is 803. The smallest absolute Gasteiger partial charge is 0.274 e. The Balaban J connectivity index is 1.67. The standard InChI is InChI=1S/C22H34N6O/c1-3-16(26-17-9-5-4-6-10-17)13-14-24-21-20(22(29)25-15(2)23)27-18-11-7-8-12-19(18)28-21/h7-8,11-12,15-17,26H,3-6,9-10,13-14,23H2,1-2H3,(H,24,28)(H,25,29). The molecular weight excluding hydrogens is 364 g/mol. The second-order valence-corrected chi connectivity index (χ2v) is 7.99. The van der Waals surface area contributed by atoms with Gasteiger partial charge in [0.05, 0.1) is 17.2 Å². The maximum atomic E-state index is 12.6. The lowest BCUT2D eigenvalue weighted by molar-refractivity contribution is 0.0937. The highest BCUT2D eigenvalue weighted by Crippen LogP contribution is 2.20. The molecule has 0 aliphatic heterocycles. The van der Waals surface area contributed by atoms with Crippen LogP contribution in [0.1, 0.15) is 69.3 Å². The number of amides is 1. The van der Waals surface area contributed by atoms with E-state index in [0.29, 0.717) is 23.4 Å². The third-order valence-electron chi connectivity index (χ3n) is 5.50. The first-order valence-corrected chi connectivity index (χ1v) is 10.9. The van der Waals surface area contributed by atoms with Crippen molar-refractivity contribution in [3.63, 3.8) is 0 Å². The highest BCUT2D eigenvalue weighted by atomic mass is 16.2. The van der Waals surface area contributed by atoms with Crippen molar-refractivity contribution in [2.24, 2.45) is 5.73 Å². The number of nitrogens with one attached hydrogen (secondary N) is 3. The van der Waals surface area contributed by atoms with Crippen LogP contribution in [-0.4, -0.2) is 40.7 Å². The fourth-order valence-electron chi connectivity index (χ4n) is 3.93. The third kappa shape index (κ3) is 6.11. The van der Waals surface area contributed by atoms with Gasteiger partial charge in [-0.05, 0) is 44.7 Å². The number of carbonyl (C=O) groups excluding carboxylic acids is 1. The highest BCUT2D eigenvalue weighted by Gasteiger charge is 2.19. The molecule has 0 radical (unpaired) electrons. The van der Waals surface area contributed by atoms with E-state index in [1.54, 1.807) is 6.92 Å². The number of benzene rings is 1. The molecule has 1 amide bonds. The zero-order valence-corrected chi connectivity index (χ0v) is 17.6. The predicted octanol–water partition coefficient (Wildman–Crippen LogP) is 3.17. The number of nitrogens with two attached hydrogens (primary N) is 1. The lowest BCUT2D eigenvalue weighted by Gasteiger charge is -2.28. The summed E-state index contributed by atoms with van der Waals surface area (Å²) < 4.78 is 0. The van der Waals surface area contributed by atoms with Gasteiger partial charge >= 0.3 is 0 Å².